The van der Waals surface area contributed by atoms with Gasteiger partial charge in [-0.2, -0.15) is 0 Å². The molecule has 34 heavy (non-hydrogen) atoms. The number of allylic oxidation sites excluding steroid dienone is 3. The summed E-state index contributed by atoms with van der Waals surface area (Å²) in [5.74, 6) is -1.36. The number of phenolic OH excluding ortho intramolecular Hbond substituents is 1. The van der Waals surface area contributed by atoms with Crippen LogP contribution in [0.25, 0.3) is 0 Å². The van der Waals surface area contributed by atoms with Crippen LogP contribution in [0, 0.1) is 0 Å². The smallest absolute Gasteiger partial charge is 0.345 e. The largest absolute Gasteiger partial charge is 0.508 e. The Balaban J connectivity index is 0.00000529. The van der Waals surface area contributed by atoms with Gasteiger partial charge in [0.2, 0.25) is 0 Å². The number of nitrogens with one attached hydrogen (secondary N) is 2. The summed E-state index contributed by atoms with van der Waals surface area (Å²) >= 11 is 0. The molecule has 3 N–H and O–H groups in total. The molecule has 6 nitrogen and oxygen atoms in total. The lowest BCUT2D eigenvalue weighted by atomic mass is 9.79. The fraction of sp³-hybridized carbons (Fsp3) is 0.429. The van der Waals surface area contributed by atoms with Crippen molar-refractivity contribution in [1.82, 2.24) is 5.32 Å². The van der Waals surface area contributed by atoms with Crippen LogP contribution in [0.3, 0.4) is 0 Å². The number of anilines is 1. The minimum Gasteiger partial charge on any atom is -0.508 e. The molecule has 0 aliphatic rings. The lowest BCUT2D eigenvalue weighted by Crippen LogP contribution is -2.26. The number of aromatic hydroxyl groups is 1. The van der Waals surface area contributed by atoms with E-state index in [0.29, 0.717) is 11.4 Å². The number of carbonyl (C=O) groups excluding carboxylic acids is 2. The molecule has 0 aliphatic carbocycles. The first-order chi connectivity index (χ1) is 15.8. The Bertz CT molecular complexity index is 942. The summed E-state index contributed by atoms with van der Waals surface area (Å²) in [6, 6.07) is 3.43. The van der Waals surface area contributed by atoms with Crippen molar-refractivity contribution in [1.29, 1.82) is 0 Å². The second-order valence-corrected chi connectivity index (χ2v) is 9.35. The van der Waals surface area contributed by atoms with Gasteiger partial charge in [-0.15, -0.1) is 0 Å². The Kier molecular flexibility index (Phi) is 12.1. The van der Waals surface area contributed by atoms with Crippen LogP contribution in [0.2, 0.25) is 0 Å². The molecule has 0 fully saturated rings. The van der Waals surface area contributed by atoms with E-state index in [2.05, 4.69) is 23.8 Å². The second kappa shape index (κ2) is 13.4. The molecule has 0 radical (unpaired) electrons. The molecule has 6 heteroatoms. The lowest BCUT2D eigenvalue weighted by molar-refractivity contribution is -0.139. The van der Waals surface area contributed by atoms with Crippen LogP contribution >= 0.6 is 0 Å². The van der Waals surface area contributed by atoms with Gasteiger partial charge in [0.1, 0.15) is 11.3 Å². The highest BCUT2D eigenvalue weighted by Gasteiger charge is 2.28. The van der Waals surface area contributed by atoms with E-state index in [-0.39, 0.29) is 28.8 Å². The molecule has 0 saturated carbocycles. The maximum absolute atomic E-state index is 13.1. The number of esters is 1. The van der Waals surface area contributed by atoms with Crippen LogP contribution in [0.1, 0.15) is 73.4 Å². The fourth-order valence-electron chi connectivity index (χ4n) is 2.99. The molecular weight excluding hydrogens is 428 g/mol. The number of phenols is 1. The molecule has 188 valence electrons. The molecule has 0 aliphatic heterocycles. The summed E-state index contributed by atoms with van der Waals surface area (Å²) in [5.41, 5.74) is 1.75. The van der Waals surface area contributed by atoms with Gasteiger partial charge in [-0.3, -0.25) is 4.79 Å². The highest BCUT2D eigenvalue weighted by Crippen LogP contribution is 2.39. The maximum Gasteiger partial charge on any atom is 0.345 e. The Hall–Kier alpha value is -3.28. The first-order valence-corrected chi connectivity index (χ1v) is 11.5. The molecule has 0 bridgehead atoms. The van der Waals surface area contributed by atoms with Crippen LogP contribution in [0.5, 0.6) is 5.75 Å². The highest BCUT2D eigenvalue weighted by molar-refractivity contribution is 6.21. The minimum absolute atomic E-state index is 0.0726. The molecular formula is C28H42N2O4. The van der Waals surface area contributed by atoms with Gasteiger partial charge < -0.3 is 20.5 Å². The number of benzene rings is 1. The zero-order valence-corrected chi connectivity index (χ0v) is 22.3. The van der Waals surface area contributed by atoms with Crippen molar-refractivity contribution in [3.8, 4) is 5.75 Å². The molecule has 1 aromatic rings. The average molecular weight is 471 g/mol. The summed E-state index contributed by atoms with van der Waals surface area (Å²) in [4.78, 5) is 25.6. The average Bonchev–Trinajstić information content (AvgIpc) is 2.73. The predicted molar refractivity (Wildman–Crippen MR) is 142 cm³/mol. The van der Waals surface area contributed by atoms with Gasteiger partial charge in [0, 0.05) is 23.7 Å². The Morgan fingerprint density at radius 2 is 1.59 bits per heavy atom. The van der Waals surface area contributed by atoms with Crippen molar-refractivity contribution < 1.29 is 19.4 Å². The fourth-order valence-corrected chi connectivity index (χ4v) is 2.99. The highest BCUT2D eigenvalue weighted by atomic mass is 16.5. The lowest BCUT2D eigenvalue weighted by Gasteiger charge is -2.28. The third-order valence-corrected chi connectivity index (χ3v) is 4.64. The first-order valence-electron chi connectivity index (χ1n) is 11.5. The standard InChI is InChI=1S/C26H36N2O4.C2H6/c1-10-13-17(11-2)27-16-18(24(31)32-12-3)23(30)28-21-15-22(29)20(26(7,8)9)14-19(21)25(4,5)6;1-2/h10-11,13-16,27,29H,1-2,12H2,3-9H3,(H,28,30);1-2H3/b17-13+,18-16-;. The molecule has 1 rings (SSSR count). The summed E-state index contributed by atoms with van der Waals surface area (Å²) in [6.07, 6.45) is 5.99. The van der Waals surface area contributed by atoms with E-state index in [0.717, 1.165) is 11.1 Å². The molecule has 0 atom stereocenters. The van der Waals surface area contributed by atoms with Crippen molar-refractivity contribution in [2.45, 2.75) is 73.1 Å². The van der Waals surface area contributed by atoms with Crippen LogP contribution < -0.4 is 10.6 Å². The molecule has 0 spiro atoms. The van der Waals surface area contributed by atoms with Crippen molar-refractivity contribution in [2.24, 2.45) is 0 Å². The first kappa shape index (κ1) is 30.7. The zero-order valence-electron chi connectivity index (χ0n) is 22.3. The third kappa shape index (κ3) is 8.93. The maximum atomic E-state index is 13.1. The van der Waals surface area contributed by atoms with E-state index in [9.17, 15) is 14.7 Å². The van der Waals surface area contributed by atoms with Crippen LogP contribution in [-0.4, -0.2) is 23.6 Å². The number of amides is 1. The van der Waals surface area contributed by atoms with Gasteiger partial charge in [-0.25, -0.2) is 4.79 Å². The van der Waals surface area contributed by atoms with Gasteiger partial charge in [-0.1, -0.05) is 74.6 Å². The number of rotatable bonds is 8. The van der Waals surface area contributed by atoms with Crippen LogP contribution in [0.15, 0.2) is 61.0 Å². The van der Waals surface area contributed by atoms with Crippen LogP contribution in [0.4, 0.5) is 5.69 Å². The van der Waals surface area contributed by atoms with Crippen molar-refractivity contribution in [3.05, 3.63) is 72.1 Å². The van der Waals surface area contributed by atoms with E-state index in [1.54, 1.807) is 19.1 Å². The van der Waals surface area contributed by atoms with Gasteiger partial charge >= 0.3 is 5.97 Å². The molecule has 1 aromatic carbocycles. The summed E-state index contributed by atoms with van der Waals surface area (Å²) in [6.45, 7) is 25.1. The zero-order chi connectivity index (χ0) is 26.7. The Morgan fingerprint density at radius 1 is 1.03 bits per heavy atom. The minimum atomic E-state index is -0.771. The predicted octanol–water partition coefficient (Wildman–Crippen LogP) is 6.24. The van der Waals surface area contributed by atoms with Crippen molar-refractivity contribution in [2.75, 3.05) is 11.9 Å². The quantitative estimate of drug-likeness (QED) is 0.138. The second-order valence-electron chi connectivity index (χ2n) is 9.35. The number of ether oxygens (including phenoxy) is 1. The van der Waals surface area contributed by atoms with Crippen molar-refractivity contribution in [3.63, 3.8) is 0 Å². The summed E-state index contributed by atoms with van der Waals surface area (Å²) in [5, 5.41) is 16.3. The molecule has 0 unspecified atom stereocenters. The summed E-state index contributed by atoms with van der Waals surface area (Å²) < 4.78 is 5.05. The summed E-state index contributed by atoms with van der Waals surface area (Å²) in [7, 11) is 0. The van der Waals surface area contributed by atoms with Gasteiger partial charge in [0.25, 0.3) is 5.91 Å². The number of hydrogen-bond acceptors (Lipinski definition) is 5. The Labute approximate surface area is 205 Å². The number of carbonyl (C=O) groups is 2. The molecule has 0 aromatic heterocycles. The van der Waals surface area contributed by atoms with E-state index >= 15 is 0 Å². The third-order valence-electron chi connectivity index (χ3n) is 4.64. The van der Waals surface area contributed by atoms with E-state index in [1.165, 1.54) is 18.3 Å². The monoisotopic (exact) mass is 470 g/mol. The Morgan fingerprint density at radius 3 is 2.03 bits per heavy atom. The SMILES string of the molecule is C=C/C=C(\C=C)N/C=C(/C(=O)Nc1cc(O)c(C(C)(C)C)cc1C(C)(C)C)C(=O)OCC.CC. The van der Waals surface area contributed by atoms with Crippen LogP contribution in [-0.2, 0) is 25.2 Å². The molecule has 1 amide bonds. The van der Waals surface area contributed by atoms with Gasteiger partial charge in [0.15, 0.2) is 0 Å². The molecule has 0 heterocycles. The van der Waals surface area contributed by atoms with Gasteiger partial charge in [0.05, 0.1) is 6.61 Å². The molecule has 0 saturated heterocycles. The normalized spacial score (nSPS) is 12.1. The van der Waals surface area contributed by atoms with E-state index < -0.39 is 11.9 Å². The van der Waals surface area contributed by atoms with Crippen molar-refractivity contribution >= 4 is 17.6 Å². The van der Waals surface area contributed by atoms with E-state index in [1.807, 2.05) is 61.5 Å². The number of hydrogen-bond donors (Lipinski definition) is 3. The topological polar surface area (TPSA) is 87.7 Å². The van der Waals surface area contributed by atoms with E-state index in [4.69, 9.17) is 4.74 Å². The van der Waals surface area contributed by atoms with Gasteiger partial charge in [-0.05, 0) is 47.1 Å².